The number of sulfonamides is 1. The maximum Gasteiger partial charge on any atom is 0.241 e. The number of carbonyl (C=O) groups excluding carboxylic acids is 1. The van der Waals surface area contributed by atoms with E-state index in [9.17, 15) is 17.6 Å². The third-order valence-electron chi connectivity index (χ3n) is 5.82. The van der Waals surface area contributed by atoms with Crippen molar-refractivity contribution in [3.63, 3.8) is 0 Å². The number of amides is 1. The standard InChI is InChI=1S/C23H28FN3O5S/c1-16(2)22(25-33(29,30)17-7-8-20-21(15-17)32-14-13-31-20)23(28)27-11-9-26(10-12-27)19-6-4-3-5-18(19)24/h3-8,15-16,22,25H,9-14H2,1-2H3/t22-/m0/s1. The Labute approximate surface area is 193 Å². The summed E-state index contributed by atoms with van der Waals surface area (Å²) in [6.45, 7) is 6.03. The van der Waals surface area contributed by atoms with Gasteiger partial charge in [0.15, 0.2) is 11.5 Å². The first kappa shape index (κ1) is 23.3. The summed E-state index contributed by atoms with van der Waals surface area (Å²) in [5, 5.41) is 0. The predicted molar refractivity (Wildman–Crippen MR) is 122 cm³/mol. The molecule has 1 atom stereocenters. The zero-order valence-electron chi connectivity index (χ0n) is 18.7. The van der Waals surface area contributed by atoms with Gasteiger partial charge in [0, 0.05) is 32.2 Å². The second-order valence-electron chi connectivity index (χ2n) is 8.41. The Morgan fingerprint density at radius 2 is 1.67 bits per heavy atom. The van der Waals surface area contributed by atoms with E-state index in [2.05, 4.69) is 4.72 Å². The quantitative estimate of drug-likeness (QED) is 0.687. The van der Waals surface area contributed by atoms with Crippen molar-refractivity contribution in [2.24, 2.45) is 5.92 Å². The van der Waals surface area contributed by atoms with Crippen molar-refractivity contribution in [3.8, 4) is 11.5 Å². The second kappa shape index (κ2) is 9.56. The molecule has 178 valence electrons. The fraction of sp³-hybridized carbons (Fsp3) is 0.435. The molecule has 4 rings (SSSR count). The number of halogens is 1. The van der Waals surface area contributed by atoms with E-state index in [4.69, 9.17) is 9.47 Å². The smallest absolute Gasteiger partial charge is 0.241 e. The Hall–Kier alpha value is -2.85. The van der Waals surface area contributed by atoms with Gasteiger partial charge < -0.3 is 19.3 Å². The molecule has 1 fully saturated rings. The first-order valence-corrected chi connectivity index (χ1v) is 12.4. The van der Waals surface area contributed by atoms with Crippen LogP contribution in [0, 0.1) is 11.7 Å². The van der Waals surface area contributed by atoms with Crippen LogP contribution in [-0.2, 0) is 14.8 Å². The number of para-hydroxylation sites is 1. The molecule has 0 aliphatic carbocycles. The van der Waals surface area contributed by atoms with Crippen LogP contribution in [0.25, 0.3) is 0 Å². The number of carbonyl (C=O) groups is 1. The van der Waals surface area contributed by atoms with Crippen molar-refractivity contribution < 1.29 is 27.1 Å². The number of ether oxygens (including phenoxy) is 2. The zero-order chi connectivity index (χ0) is 23.6. The van der Waals surface area contributed by atoms with E-state index in [0.29, 0.717) is 56.6 Å². The van der Waals surface area contributed by atoms with Crippen LogP contribution in [0.4, 0.5) is 10.1 Å². The molecule has 8 nitrogen and oxygen atoms in total. The molecule has 0 bridgehead atoms. The Kier molecular flexibility index (Phi) is 6.76. The summed E-state index contributed by atoms with van der Waals surface area (Å²) in [5.41, 5.74) is 0.504. The van der Waals surface area contributed by atoms with E-state index in [0.717, 1.165) is 0 Å². The number of anilines is 1. The Bertz CT molecular complexity index is 1120. The lowest BCUT2D eigenvalue weighted by atomic mass is 10.0. The molecule has 2 aliphatic rings. The molecule has 0 spiro atoms. The monoisotopic (exact) mass is 477 g/mol. The van der Waals surface area contributed by atoms with E-state index >= 15 is 0 Å². The Balaban J connectivity index is 1.45. The number of hydrogen-bond donors (Lipinski definition) is 1. The summed E-state index contributed by atoms with van der Waals surface area (Å²) in [6, 6.07) is 10.0. The summed E-state index contributed by atoms with van der Waals surface area (Å²) in [6.07, 6.45) is 0. The van der Waals surface area contributed by atoms with Crippen LogP contribution >= 0.6 is 0 Å². The van der Waals surface area contributed by atoms with Crippen molar-refractivity contribution in [3.05, 3.63) is 48.3 Å². The maximum absolute atomic E-state index is 14.1. The number of nitrogens with one attached hydrogen (secondary N) is 1. The average molecular weight is 478 g/mol. The number of piperazine rings is 1. The van der Waals surface area contributed by atoms with Gasteiger partial charge in [0.25, 0.3) is 0 Å². The van der Waals surface area contributed by atoms with E-state index in [1.807, 2.05) is 4.90 Å². The lowest BCUT2D eigenvalue weighted by molar-refractivity contribution is -0.134. The predicted octanol–water partition coefficient (Wildman–Crippen LogP) is 2.25. The van der Waals surface area contributed by atoms with Gasteiger partial charge in [0.05, 0.1) is 10.6 Å². The van der Waals surface area contributed by atoms with Crippen molar-refractivity contribution in [1.82, 2.24) is 9.62 Å². The highest BCUT2D eigenvalue weighted by Gasteiger charge is 2.34. The van der Waals surface area contributed by atoms with Gasteiger partial charge in [0.2, 0.25) is 15.9 Å². The summed E-state index contributed by atoms with van der Waals surface area (Å²) in [4.78, 5) is 16.8. The average Bonchev–Trinajstić information content (AvgIpc) is 2.82. The van der Waals surface area contributed by atoms with Crippen LogP contribution in [0.2, 0.25) is 0 Å². The molecular weight excluding hydrogens is 449 g/mol. The van der Waals surface area contributed by atoms with Crippen LogP contribution < -0.4 is 19.1 Å². The molecule has 2 aromatic rings. The minimum atomic E-state index is -3.97. The molecule has 1 amide bonds. The molecule has 2 aliphatic heterocycles. The van der Waals surface area contributed by atoms with Crippen molar-refractivity contribution in [2.75, 3.05) is 44.3 Å². The zero-order valence-corrected chi connectivity index (χ0v) is 19.5. The van der Waals surface area contributed by atoms with Crippen LogP contribution in [0.5, 0.6) is 11.5 Å². The number of nitrogens with zero attached hydrogens (tertiary/aromatic N) is 2. The first-order chi connectivity index (χ1) is 15.8. The van der Waals surface area contributed by atoms with Crippen molar-refractivity contribution in [2.45, 2.75) is 24.8 Å². The Morgan fingerprint density at radius 1 is 1.00 bits per heavy atom. The van der Waals surface area contributed by atoms with Crippen LogP contribution in [0.15, 0.2) is 47.4 Å². The normalized spacial score (nSPS) is 17.2. The SMILES string of the molecule is CC(C)[C@H](NS(=O)(=O)c1ccc2c(c1)OCCO2)C(=O)N1CCN(c2ccccc2F)CC1. The molecule has 10 heteroatoms. The van der Waals surface area contributed by atoms with Crippen LogP contribution in [0.1, 0.15) is 13.8 Å². The molecule has 33 heavy (non-hydrogen) atoms. The molecule has 0 saturated carbocycles. The van der Waals surface area contributed by atoms with Gasteiger partial charge in [-0.05, 0) is 30.2 Å². The van der Waals surface area contributed by atoms with E-state index in [1.54, 1.807) is 43.0 Å². The van der Waals surface area contributed by atoms with Gasteiger partial charge in [-0.1, -0.05) is 26.0 Å². The Morgan fingerprint density at radius 3 is 2.33 bits per heavy atom. The number of fused-ring (bicyclic) bond motifs is 1. The molecule has 1 N–H and O–H groups in total. The van der Waals surface area contributed by atoms with Gasteiger partial charge in [-0.15, -0.1) is 0 Å². The molecule has 0 radical (unpaired) electrons. The van der Waals surface area contributed by atoms with Gasteiger partial charge in [-0.25, -0.2) is 12.8 Å². The van der Waals surface area contributed by atoms with E-state index in [-0.39, 0.29) is 22.5 Å². The molecule has 0 unspecified atom stereocenters. The molecule has 0 aromatic heterocycles. The van der Waals surface area contributed by atoms with E-state index < -0.39 is 16.1 Å². The lowest BCUT2D eigenvalue weighted by Gasteiger charge is -2.38. The highest BCUT2D eigenvalue weighted by atomic mass is 32.2. The van der Waals surface area contributed by atoms with Gasteiger partial charge in [0.1, 0.15) is 25.1 Å². The fourth-order valence-corrected chi connectivity index (χ4v) is 5.32. The summed E-state index contributed by atoms with van der Waals surface area (Å²) in [5.74, 6) is -0.0110. The maximum atomic E-state index is 14.1. The summed E-state index contributed by atoms with van der Waals surface area (Å²) < 4.78 is 53.7. The summed E-state index contributed by atoms with van der Waals surface area (Å²) >= 11 is 0. The molecule has 2 heterocycles. The van der Waals surface area contributed by atoms with Crippen LogP contribution in [0.3, 0.4) is 0 Å². The van der Waals surface area contributed by atoms with Crippen LogP contribution in [-0.4, -0.2) is 64.7 Å². The summed E-state index contributed by atoms with van der Waals surface area (Å²) in [7, 11) is -3.97. The minimum absolute atomic E-state index is 0.00886. The highest BCUT2D eigenvalue weighted by molar-refractivity contribution is 7.89. The minimum Gasteiger partial charge on any atom is -0.486 e. The fourth-order valence-electron chi connectivity index (χ4n) is 3.97. The van der Waals surface area contributed by atoms with Gasteiger partial charge in [-0.3, -0.25) is 4.79 Å². The molecular formula is C23H28FN3O5S. The lowest BCUT2D eigenvalue weighted by Crippen LogP contribution is -2.56. The highest BCUT2D eigenvalue weighted by Crippen LogP contribution is 2.32. The first-order valence-electron chi connectivity index (χ1n) is 11.0. The van der Waals surface area contributed by atoms with Gasteiger partial charge >= 0.3 is 0 Å². The van der Waals surface area contributed by atoms with E-state index in [1.165, 1.54) is 18.2 Å². The number of benzene rings is 2. The van der Waals surface area contributed by atoms with Crippen molar-refractivity contribution >= 4 is 21.6 Å². The second-order valence-corrected chi connectivity index (χ2v) is 10.1. The number of rotatable bonds is 6. The van der Waals surface area contributed by atoms with Gasteiger partial charge in [-0.2, -0.15) is 4.72 Å². The third kappa shape index (κ3) is 5.06. The topological polar surface area (TPSA) is 88.2 Å². The number of hydrogen-bond acceptors (Lipinski definition) is 6. The third-order valence-corrected chi connectivity index (χ3v) is 7.26. The largest absolute Gasteiger partial charge is 0.486 e. The molecule has 2 aromatic carbocycles. The van der Waals surface area contributed by atoms with Crippen molar-refractivity contribution in [1.29, 1.82) is 0 Å². The molecule has 1 saturated heterocycles.